The van der Waals surface area contributed by atoms with Crippen LogP contribution in [-0.4, -0.2) is 87.2 Å². The van der Waals surface area contributed by atoms with Crippen molar-refractivity contribution in [2.24, 2.45) is 5.92 Å². The monoisotopic (exact) mass is 268 g/mol. The number of nitrogens with zero attached hydrogens (tertiary/aromatic N) is 3. The lowest BCUT2D eigenvalue weighted by molar-refractivity contribution is 0.129. The summed E-state index contributed by atoms with van der Waals surface area (Å²) in [6.07, 6.45) is 2.78. The topological polar surface area (TPSA) is 21.8 Å². The zero-order valence-corrected chi connectivity index (χ0v) is 12.9. The zero-order chi connectivity index (χ0) is 13.5. The van der Waals surface area contributed by atoms with Crippen LogP contribution < -0.4 is 5.32 Å². The Bertz CT molecular complexity index is 232. The number of piperazine rings is 1. The molecule has 2 heterocycles. The Morgan fingerprint density at radius 3 is 2.63 bits per heavy atom. The van der Waals surface area contributed by atoms with E-state index in [0.29, 0.717) is 0 Å². The summed E-state index contributed by atoms with van der Waals surface area (Å²) in [5, 5.41) is 3.53. The summed E-state index contributed by atoms with van der Waals surface area (Å²) in [7, 11) is 2.23. The van der Waals surface area contributed by atoms with Gasteiger partial charge in [0.25, 0.3) is 0 Å². The summed E-state index contributed by atoms with van der Waals surface area (Å²) in [6, 6.07) is 0. The minimum absolute atomic E-state index is 0.876. The van der Waals surface area contributed by atoms with Crippen molar-refractivity contribution in [1.82, 2.24) is 20.0 Å². The van der Waals surface area contributed by atoms with E-state index in [1.165, 1.54) is 78.3 Å². The standard InChI is InChI=1S/C15H32N4/c1-3-18(14-15-5-4-6-16-13-15)11-12-19-9-7-17(2)8-10-19/h15-16H,3-14H2,1-2H3. The van der Waals surface area contributed by atoms with Crippen LogP contribution in [0.2, 0.25) is 0 Å². The van der Waals surface area contributed by atoms with Gasteiger partial charge in [-0.25, -0.2) is 0 Å². The molecule has 0 saturated carbocycles. The van der Waals surface area contributed by atoms with Gasteiger partial charge in [0.2, 0.25) is 0 Å². The van der Waals surface area contributed by atoms with E-state index in [-0.39, 0.29) is 0 Å². The van der Waals surface area contributed by atoms with Crippen molar-refractivity contribution in [3.8, 4) is 0 Å². The number of nitrogens with one attached hydrogen (secondary N) is 1. The fourth-order valence-corrected chi connectivity index (χ4v) is 3.18. The molecule has 0 aliphatic carbocycles. The zero-order valence-electron chi connectivity index (χ0n) is 12.9. The van der Waals surface area contributed by atoms with Crippen LogP contribution in [0.3, 0.4) is 0 Å². The predicted octanol–water partition coefficient (Wildman–Crippen LogP) is 0.555. The first-order valence-electron chi connectivity index (χ1n) is 8.12. The van der Waals surface area contributed by atoms with Crippen LogP contribution in [0.15, 0.2) is 0 Å². The van der Waals surface area contributed by atoms with Crippen LogP contribution in [0.5, 0.6) is 0 Å². The van der Waals surface area contributed by atoms with Gasteiger partial charge >= 0.3 is 0 Å². The van der Waals surface area contributed by atoms with E-state index >= 15 is 0 Å². The van der Waals surface area contributed by atoms with E-state index in [4.69, 9.17) is 0 Å². The second-order valence-electron chi connectivity index (χ2n) is 6.25. The molecule has 0 aromatic carbocycles. The molecule has 0 bridgehead atoms. The molecule has 0 aromatic heterocycles. The van der Waals surface area contributed by atoms with Crippen molar-refractivity contribution in [3.05, 3.63) is 0 Å². The van der Waals surface area contributed by atoms with Gasteiger partial charge in [0.1, 0.15) is 0 Å². The fourth-order valence-electron chi connectivity index (χ4n) is 3.18. The molecule has 0 aromatic rings. The summed E-state index contributed by atoms with van der Waals surface area (Å²) in [6.45, 7) is 14.7. The number of hydrogen-bond acceptors (Lipinski definition) is 4. The van der Waals surface area contributed by atoms with Crippen LogP contribution in [0.4, 0.5) is 0 Å². The van der Waals surface area contributed by atoms with Crippen LogP contribution in [0.25, 0.3) is 0 Å². The van der Waals surface area contributed by atoms with E-state index in [9.17, 15) is 0 Å². The van der Waals surface area contributed by atoms with Crippen molar-refractivity contribution in [3.63, 3.8) is 0 Å². The highest BCUT2D eigenvalue weighted by atomic mass is 15.3. The number of hydrogen-bond donors (Lipinski definition) is 1. The van der Waals surface area contributed by atoms with Gasteiger partial charge in [0.05, 0.1) is 0 Å². The lowest BCUT2D eigenvalue weighted by Crippen LogP contribution is -2.47. The highest BCUT2D eigenvalue weighted by Crippen LogP contribution is 2.11. The molecule has 19 heavy (non-hydrogen) atoms. The third-order valence-corrected chi connectivity index (χ3v) is 4.69. The molecule has 0 spiro atoms. The van der Waals surface area contributed by atoms with Crippen molar-refractivity contribution in [1.29, 1.82) is 0 Å². The van der Waals surface area contributed by atoms with Gasteiger partial charge in [-0.15, -0.1) is 0 Å². The van der Waals surface area contributed by atoms with Crippen molar-refractivity contribution in [2.75, 3.05) is 72.5 Å². The summed E-state index contributed by atoms with van der Waals surface area (Å²) >= 11 is 0. The lowest BCUT2D eigenvalue weighted by atomic mass is 9.99. The molecular formula is C15H32N4. The number of likely N-dealkylation sites (N-methyl/N-ethyl adjacent to an activating group) is 2. The minimum atomic E-state index is 0.876. The Hall–Kier alpha value is -0.160. The quantitative estimate of drug-likeness (QED) is 0.760. The molecule has 2 aliphatic heterocycles. The summed E-state index contributed by atoms with van der Waals surface area (Å²) < 4.78 is 0. The fraction of sp³-hybridized carbons (Fsp3) is 1.00. The maximum Gasteiger partial charge on any atom is 0.0110 e. The summed E-state index contributed by atoms with van der Waals surface area (Å²) in [5.41, 5.74) is 0. The van der Waals surface area contributed by atoms with E-state index in [2.05, 4.69) is 34.0 Å². The molecule has 112 valence electrons. The molecule has 2 aliphatic rings. The van der Waals surface area contributed by atoms with Crippen LogP contribution >= 0.6 is 0 Å². The van der Waals surface area contributed by atoms with Crippen LogP contribution in [-0.2, 0) is 0 Å². The summed E-state index contributed by atoms with van der Waals surface area (Å²) in [5.74, 6) is 0.876. The highest BCUT2D eigenvalue weighted by molar-refractivity contribution is 4.75. The molecule has 0 amide bonds. The highest BCUT2D eigenvalue weighted by Gasteiger charge is 2.18. The van der Waals surface area contributed by atoms with E-state index in [1.54, 1.807) is 0 Å². The van der Waals surface area contributed by atoms with Crippen LogP contribution in [0, 0.1) is 5.92 Å². The molecular weight excluding hydrogens is 236 g/mol. The van der Waals surface area contributed by atoms with Gasteiger partial charge in [-0.05, 0) is 45.4 Å². The normalized spacial score (nSPS) is 27.0. The number of rotatable bonds is 6. The number of piperidine rings is 1. The van der Waals surface area contributed by atoms with Crippen molar-refractivity contribution < 1.29 is 0 Å². The maximum atomic E-state index is 3.53. The second kappa shape index (κ2) is 8.20. The molecule has 0 radical (unpaired) electrons. The Morgan fingerprint density at radius 1 is 1.21 bits per heavy atom. The third-order valence-electron chi connectivity index (χ3n) is 4.69. The SMILES string of the molecule is CCN(CCN1CCN(C)CC1)CC1CCCNC1. The van der Waals surface area contributed by atoms with Crippen molar-refractivity contribution >= 4 is 0 Å². The third kappa shape index (κ3) is 5.38. The molecule has 2 saturated heterocycles. The van der Waals surface area contributed by atoms with Crippen molar-refractivity contribution in [2.45, 2.75) is 19.8 Å². The first-order valence-corrected chi connectivity index (χ1v) is 8.12. The lowest BCUT2D eigenvalue weighted by Gasteiger charge is -2.35. The maximum absolute atomic E-state index is 3.53. The minimum Gasteiger partial charge on any atom is -0.316 e. The Kier molecular flexibility index (Phi) is 6.57. The first-order chi connectivity index (χ1) is 9.28. The van der Waals surface area contributed by atoms with E-state index < -0.39 is 0 Å². The molecule has 1 N–H and O–H groups in total. The predicted molar refractivity (Wildman–Crippen MR) is 81.6 cm³/mol. The Labute approximate surface area is 119 Å². The Balaban J connectivity index is 1.64. The smallest absolute Gasteiger partial charge is 0.0110 e. The molecule has 2 rings (SSSR count). The van der Waals surface area contributed by atoms with Crippen LogP contribution in [0.1, 0.15) is 19.8 Å². The Morgan fingerprint density at radius 2 is 2.00 bits per heavy atom. The second-order valence-corrected chi connectivity index (χ2v) is 6.25. The first kappa shape index (κ1) is 15.2. The molecule has 4 heteroatoms. The average molecular weight is 268 g/mol. The van der Waals surface area contributed by atoms with Gasteiger partial charge in [-0.3, -0.25) is 4.90 Å². The van der Waals surface area contributed by atoms with Gasteiger partial charge in [0, 0.05) is 45.8 Å². The largest absolute Gasteiger partial charge is 0.316 e. The van der Waals surface area contributed by atoms with Gasteiger partial charge in [-0.2, -0.15) is 0 Å². The van der Waals surface area contributed by atoms with E-state index in [1.807, 2.05) is 0 Å². The van der Waals surface area contributed by atoms with E-state index in [0.717, 1.165) is 5.92 Å². The molecule has 4 nitrogen and oxygen atoms in total. The molecule has 1 unspecified atom stereocenters. The molecule has 1 atom stereocenters. The average Bonchev–Trinajstić information content (AvgIpc) is 2.46. The van der Waals surface area contributed by atoms with Gasteiger partial charge < -0.3 is 15.1 Å². The van der Waals surface area contributed by atoms with Gasteiger partial charge in [-0.1, -0.05) is 6.92 Å². The molecule has 2 fully saturated rings. The summed E-state index contributed by atoms with van der Waals surface area (Å²) in [4.78, 5) is 7.71. The van der Waals surface area contributed by atoms with Gasteiger partial charge in [0.15, 0.2) is 0 Å².